The number of carbonyl (C=O) groups excluding carboxylic acids is 1. The van der Waals surface area contributed by atoms with Gasteiger partial charge in [-0.3, -0.25) is 4.90 Å². The normalized spacial score (nSPS) is 15.3. The zero-order valence-corrected chi connectivity index (χ0v) is 12.3. The first-order chi connectivity index (χ1) is 9.72. The molecular weight excluding hydrogens is 250 g/mol. The highest BCUT2D eigenvalue weighted by Crippen LogP contribution is 2.22. The summed E-state index contributed by atoms with van der Waals surface area (Å²) in [4.78, 5) is 14.4. The summed E-state index contributed by atoms with van der Waals surface area (Å²) in [6.07, 6.45) is 5.46. The van der Waals surface area contributed by atoms with Gasteiger partial charge in [-0.1, -0.05) is 31.0 Å². The molecule has 110 valence electrons. The lowest BCUT2D eigenvalue weighted by atomic mass is 10.1. The van der Waals surface area contributed by atoms with E-state index in [4.69, 9.17) is 5.73 Å². The minimum atomic E-state index is 0.0136. The molecule has 1 aromatic rings. The average Bonchev–Trinajstić information content (AvgIpc) is 2.94. The first-order valence-corrected chi connectivity index (χ1v) is 7.56. The van der Waals surface area contributed by atoms with E-state index in [1.54, 1.807) is 0 Å². The molecule has 1 fully saturated rings. The molecular formula is C16H25N3O. The number of hydrogen-bond acceptors (Lipinski definition) is 2. The van der Waals surface area contributed by atoms with Gasteiger partial charge in [0.25, 0.3) is 0 Å². The summed E-state index contributed by atoms with van der Waals surface area (Å²) in [5.74, 6) is 0. The summed E-state index contributed by atoms with van der Waals surface area (Å²) in [5, 5.41) is 3.16. The largest absolute Gasteiger partial charge is 0.335 e. The highest BCUT2D eigenvalue weighted by atomic mass is 16.2. The van der Waals surface area contributed by atoms with E-state index >= 15 is 0 Å². The molecule has 0 aromatic heterocycles. The number of nitrogens with two attached hydrogens (primary N) is 1. The van der Waals surface area contributed by atoms with E-state index in [-0.39, 0.29) is 6.03 Å². The molecule has 2 rings (SSSR count). The van der Waals surface area contributed by atoms with Crippen LogP contribution >= 0.6 is 0 Å². The Bertz CT molecular complexity index is 441. The van der Waals surface area contributed by atoms with Gasteiger partial charge in [-0.05, 0) is 44.4 Å². The van der Waals surface area contributed by atoms with Crippen molar-refractivity contribution in [1.82, 2.24) is 5.32 Å². The molecule has 1 aromatic carbocycles. The van der Waals surface area contributed by atoms with Crippen molar-refractivity contribution in [3.05, 3.63) is 29.8 Å². The number of urea groups is 1. The highest BCUT2D eigenvalue weighted by molar-refractivity contribution is 5.92. The Balaban J connectivity index is 2.09. The van der Waals surface area contributed by atoms with Crippen LogP contribution in [0.5, 0.6) is 0 Å². The number of para-hydroxylation sites is 1. The van der Waals surface area contributed by atoms with Gasteiger partial charge in [0, 0.05) is 18.3 Å². The molecule has 0 unspecified atom stereocenters. The summed E-state index contributed by atoms with van der Waals surface area (Å²) in [6, 6.07) is 8.36. The van der Waals surface area contributed by atoms with Crippen molar-refractivity contribution < 1.29 is 4.79 Å². The number of aryl methyl sites for hydroxylation is 1. The van der Waals surface area contributed by atoms with Crippen LogP contribution in [0.3, 0.4) is 0 Å². The van der Waals surface area contributed by atoms with Gasteiger partial charge in [0.1, 0.15) is 0 Å². The summed E-state index contributed by atoms with van der Waals surface area (Å²) < 4.78 is 0. The second-order valence-electron chi connectivity index (χ2n) is 5.51. The van der Waals surface area contributed by atoms with Crippen LogP contribution in [0.25, 0.3) is 0 Å². The molecule has 0 atom stereocenters. The number of carbonyl (C=O) groups is 1. The van der Waals surface area contributed by atoms with Crippen molar-refractivity contribution in [1.29, 1.82) is 0 Å². The topological polar surface area (TPSA) is 58.4 Å². The maximum Gasteiger partial charge on any atom is 0.322 e. The van der Waals surface area contributed by atoms with Crippen LogP contribution in [-0.2, 0) is 0 Å². The highest BCUT2D eigenvalue weighted by Gasteiger charge is 2.22. The van der Waals surface area contributed by atoms with E-state index in [0.29, 0.717) is 19.1 Å². The van der Waals surface area contributed by atoms with Crippen LogP contribution in [0.4, 0.5) is 10.5 Å². The van der Waals surface area contributed by atoms with Gasteiger partial charge >= 0.3 is 6.03 Å². The zero-order chi connectivity index (χ0) is 14.4. The van der Waals surface area contributed by atoms with Crippen LogP contribution in [0, 0.1) is 6.92 Å². The Morgan fingerprint density at radius 1 is 1.35 bits per heavy atom. The van der Waals surface area contributed by atoms with Crippen molar-refractivity contribution in [2.75, 3.05) is 18.0 Å². The van der Waals surface area contributed by atoms with Crippen molar-refractivity contribution in [2.45, 2.75) is 45.1 Å². The minimum Gasteiger partial charge on any atom is -0.335 e. The van der Waals surface area contributed by atoms with Crippen LogP contribution in [0.2, 0.25) is 0 Å². The van der Waals surface area contributed by atoms with Crippen molar-refractivity contribution in [3.63, 3.8) is 0 Å². The van der Waals surface area contributed by atoms with Crippen LogP contribution in [0.1, 0.15) is 37.7 Å². The Hall–Kier alpha value is -1.55. The average molecular weight is 275 g/mol. The lowest BCUT2D eigenvalue weighted by Crippen LogP contribution is -2.45. The number of anilines is 1. The lowest BCUT2D eigenvalue weighted by Gasteiger charge is -2.26. The van der Waals surface area contributed by atoms with Crippen LogP contribution in [-0.4, -0.2) is 25.2 Å². The standard InChI is InChI=1S/C16H25N3O/c1-13-7-2-5-10-15(13)19(12-6-11-17)16(20)18-14-8-3-4-9-14/h2,5,7,10,14H,3-4,6,8-9,11-12,17H2,1H3,(H,18,20). The predicted octanol–water partition coefficient (Wildman–Crippen LogP) is 2.80. The molecule has 4 heteroatoms. The SMILES string of the molecule is Cc1ccccc1N(CCCN)C(=O)NC1CCCC1. The first-order valence-electron chi connectivity index (χ1n) is 7.56. The quantitative estimate of drug-likeness (QED) is 0.868. The minimum absolute atomic E-state index is 0.0136. The molecule has 20 heavy (non-hydrogen) atoms. The van der Waals surface area contributed by atoms with Crippen molar-refractivity contribution >= 4 is 11.7 Å². The molecule has 0 radical (unpaired) electrons. The van der Waals surface area contributed by atoms with E-state index in [1.165, 1.54) is 12.8 Å². The second-order valence-corrected chi connectivity index (χ2v) is 5.51. The van der Waals surface area contributed by atoms with Crippen LogP contribution < -0.4 is 16.0 Å². The molecule has 1 aliphatic carbocycles. The number of benzene rings is 1. The smallest absolute Gasteiger partial charge is 0.322 e. The van der Waals surface area contributed by atoms with Crippen LogP contribution in [0.15, 0.2) is 24.3 Å². The number of hydrogen-bond donors (Lipinski definition) is 2. The van der Waals surface area contributed by atoms with Gasteiger partial charge in [-0.15, -0.1) is 0 Å². The second kappa shape index (κ2) is 7.29. The molecule has 0 bridgehead atoms. The molecule has 0 aliphatic heterocycles. The molecule has 4 nitrogen and oxygen atoms in total. The molecule has 1 saturated carbocycles. The third-order valence-electron chi connectivity index (χ3n) is 3.92. The molecule has 2 amide bonds. The van der Waals surface area contributed by atoms with E-state index in [0.717, 1.165) is 30.5 Å². The molecule has 0 saturated heterocycles. The fourth-order valence-corrected chi connectivity index (χ4v) is 2.77. The van der Waals surface area contributed by atoms with Gasteiger partial charge in [-0.2, -0.15) is 0 Å². The van der Waals surface area contributed by atoms with Crippen molar-refractivity contribution in [2.24, 2.45) is 5.73 Å². The summed E-state index contributed by atoms with van der Waals surface area (Å²) in [7, 11) is 0. The number of nitrogens with one attached hydrogen (secondary N) is 1. The number of amides is 2. The van der Waals surface area contributed by atoms with Gasteiger partial charge in [-0.25, -0.2) is 4.79 Å². The maximum atomic E-state index is 12.5. The monoisotopic (exact) mass is 275 g/mol. The maximum absolute atomic E-state index is 12.5. The Kier molecular flexibility index (Phi) is 5.41. The first kappa shape index (κ1) is 14.9. The van der Waals surface area contributed by atoms with E-state index in [2.05, 4.69) is 5.32 Å². The molecule has 0 spiro atoms. The fraction of sp³-hybridized carbons (Fsp3) is 0.562. The number of nitrogens with zero attached hydrogens (tertiary/aromatic N) is 1. The summed E-state index contributed by atoms with van der Waals surface area (Å²) in [6.45, 7) is 3.30. The van der Waals surface area contributed by atoms with E-state index in [9.17, 15) is 4.79 Å². The van der Waals surface area contributed by atoms with Gasteiger partial charge < -0.3 is 11.1 Å². The number of rotatable bonds is 5. The van der Waals surface area contributed by atoms with E-state index in [1.807, 2.05) is 36.1 Å². The molecule has 0 heterocycles. The van der Waals surface area contributed by atoms with Crippen molar-refractivity contribution in [3.8, 4) is 0 Å². The molecule has 3 N–H and O–H groups in total. The predicted molar refractivity (Wildman–Crippen MR) is 83.0 cm³/mol. The molecule has 1 aliphatic rings. The van der Waals surface area contributed by atoms with Gasteiger partial charge in [0.15, 0.2) is 0 Å². The Labute approximate surface area is 121 Å². The third-order valence-corrected chi connectivity index (χ3v) is 3.92. The van der Waals surface area contributed by atoms with Gasteiger partial charge in [0.05, 0.1) is 0 Å². The summed E-state index contributed by atoms with van der Waals surface area (Å²) in [5.41, 5.74) is 7.70. The Morgan fingerprint density at radius 3 is 2.70 bits per heavy atom. The third kappa shape index (κ3) is 3.73. The fourth-order valence-electron chi connectivity index (χ4n) is 2.77. The van der Waals surface area contributed by atoms with E-state index < -0.39 is 0 Å². The lowest BCUT2D eigenvalue weighted by molar-refractivity contribution is 0.242. The zero-order valence-electron chi connectivity index (χ0n) is 12.3. The summed E-state index contributed by atoms with van der Waals surface area (Å²) >= 11 is 0. The Morgan fingerprint density at radius 2 is 2.05 bits per heavy atom. The van der Waals surface area contributed by atoms with Gasteiger partial charge in [0.2, 0.25) is 0 Å².